The van der Waals surface area contributed by atoms with Crippen LogP contribution >= 0.6 is 11.3 Å². The highest BCUT2D eigenvalue weighted by Gasteiger charge is 2.15. The van der Waals surface area contributed by atoms with Gasteiger partial charge in [0.15, 0.2) is 0 Å². The van der Waals surface area contributed by atoms with Crippen molar-refractivity contribution in [3.05, 3.63) is 69.9 Å². The maximum atomic E-state index is 8.28. The van der Waals surface area contributed by atoms with Crippen LogP contribution in [0.5, 0.6) is 0 Å². The van der Waals surface area contributed by atoms with Crippen LogP contribution < -0.4 is 5.73 Å². The van der Waals surface area contributed by atoms with E-state index < -0.39 is 0 Å². The first-order valence-corrected chi connectivity index (χ1v) is 6.79. The number of nitrogens with one attached hydrogen (secondary N) is 1. The van der Waals surface area contributed by atoms with Crippen molar-refractivity contribution in [1.29, 1.82) is 5.41 Å². The fourth-order valence-electron chi connectivity index (χ4n) is 1.87. The number of rotatable bonds is 4. The maximum absolute atomic E-state index is 8.28. The summed E-state index contributed by atoms with van der Waals surface area (Å²) in [6.07, 6.45) is 5.52. The molecule has 1 aromatic carbocycles. The minimum absolute atomic E-state index is 0.476. The number of benzene rings is 1. The largest absolute Gasteiger partial charge is 0.397 e. The van der Waals surface area contributed by atoms with Gasteiger partial charge >= 0.3 is 0 Å². The van der Waals surface area contributed by atoms with E-state index in [9.17, 15) is 0 Å². The smallest absolute Gasteiger partial charge is 0.0805 e. The molecule has 0 radical (unpaired) electrons. The number of anilines is 1. The normalized spacial score (nSPS) is 10.8. The van der Waals surface area contributed by atoms with Crippen molar-refractivity contribution in [2.24, 2.45) is 0 Å². The molecule has 3 N–H and O–H groups in total. The first-order valence-electron chi connectivity index (χ1n) is 5.97. The number of nitrogen functional groups attached to an aromatic ring is 1. The van der Waals surface area contributed by atoms with Crippen molar-refractivity contribution in [2.45, 2.75) is 6.92 Å². The zero-order chi connectivity index (χ0) is 13.8. The van der Waals surface area contributed by atoms with Gasteiger partial charge in [-0.15, -0.1) is 11.3 Å². The van der Waals surface area contributed by atoms with Crippen LogP contribution in [-0.2, 0) is 0 Å². The summed E-state index contributed by atoms with van der Waals surface area (Å²) < 4.78 is 0. The van der Waals surface area contributed by atoms with Crippen LogP contribution in [0.3, 0.4) is 0 Å². The zero-order valence-electron chi connectivity index (χ0n) is 10.8. The van der Waals surface area contributed by atoms with Gasteiger partial charge in [-0.2, -0.15) is 0 Å². The summed E-state index contributed by atoms with van der Waals surface area (Å²) >= 11 is 1.56. The van der Waals surface area contributed by atoms with Gasteiger partial charge in [0, 0.05) is 16.0 Å². The molecule has 0 bridgehead atoms. The molecule has 0 aliphatic heterocycles. The van der Waals surface area contributed by atoms with E-state index >= 15 is 0 Å². The fourth-order valence-corrected chi connectivity index (χ4v) is 2.90. The molecule has 3 heteroatoms. The fraction of sp³-hybridized carbons (Fsp3) is 0.0625. The van der Waals surface area contributed by atoms with Crippen molar-refractivity contribution in [2.75, 3.05) is 5.73 Å². The number of nitrogens with two attached hydrogens (primary N) is 1. The van der Waals surface area contributed by atoms with E-state index in [1.165, 1.54) is 0 Å². The van der Waals surface area contributed by atoms with Gasteiger partial charge in [0.2, 0.25) is 0 Å². The molecule has 1 heterocycles. The van der Waals surface area contributed by atoms with Crippen LogP contribution in [0.1, 0.15) is 20.9 Å². The highest BCUT2D eigenvalue weighted by Crippen LogP contribution is 2.33. The molecule has 2 nitrogen and oxygen atoms in total. The lowest BCUT2D eigenvalue weighted by Gasteiger charge is -2.03. The summed E-state index contributed by atoms with van der Waals surface area (Å²) in [5.74, 6) is 0. The standard InChI is InChI=1S/C16H16N2S/c1-3-4-10-13-11(2)19-16(15(13)18)14(17)12-8-6-5-7-9-12/h3-10,17H,1,18H2,2H3/b10-4-,17-14?. The molecule has 96 valence electrons. The first kappa shape index (κ1) is 13.3. The molecule has 0 spiro atoms. The second-order valence-electron chi connectivity index (χ2n) is 4.15. The Kier molecular flexibility index (Phi) is 3.97. The quantitative estimate of drug-likeness (QED) is 0.632. The average Bonchev–Trinajstić information content (AvgIpc) is 2.72. The van der Waals surface area contributed by atoms with Gasteiger partial charge in [0.1, 0.15) is 0 Å². The van der Waals surface area contributed by atoms with E-state index in [4.69, 9.17) is 11.1 Å². The predicted molar refractivity (Wildman–Crippen MR) is 85.1 cm³/mol. The number of thiophene rings is 1. The van der Waals surface area contributed by atoms with E-state index in [1.807, 2.05) is 49.4 Å². The van der Waals surface area contributed by atoms with Crippen molar-refractivity contribution in [3.8, 4) is 0 Å². The van der Waals surface area contributed by atoms with Gasteiger partial charge in [-0.05, 0) is 6.92 Å². The molecule has 0 atom stereocenters. The summed E-state index contributed by atoms with van der Waals surface area (Å²) in [6.45, 7) is 5.68. The Morgan fingerprint density at radius 2 is 2.00 bits per heavy atom. The van der Waals surface area contributed by atoms with Crippen LogP contribution in [-0.4, -0.2) is 5.71 Å². The van der Waals surface area contributed by atoms with Crippen molar-refractivity contribution >= 4 is 28.8 Å². The second kappa shape index (κ2) is 5.67. The highest BCUT2D eigenvalue weighted by molar-refractivity contribution is 7.15. The Balaban J connectivity index is 2.44. The molecule has 2 aromatic rings. The lowest BCUT2D eigenvalue weighted by molar-refractivity contribution is 1.48. The summed E-state index contributed by atoms with van der Waals surface area (Å²) in [6, 6.07) is 9.66. The molecule has 0 aliphatic rings. The predicted octanol–water partition coefficient (Wildman–Crippen LogP) is 4.25. The van der Waals surface area contributed by atoms with Gasteiger partial charge in [-0.25, -0.2) is 0 Å². The van der Waals surface area contributed by atoms with Gasteiger partial charge < -0.3 is 5.73 Å². The summed E-state index contributed by atoms with van der Waals surface area (Å²) in [5.41, 5.74) is 9.19. The lowest BCUT2D eigenvalue weighted by atomic mass is 10.1. The average molecular weight is 268 g/mol. The molecule has 2 rings (SSSR count). The SMILES string of the molecule is C=C/C=C\c1c(C)sc(C(=N)c2ccccc2)c1N. The molecular formula is C16H16N2S. The van der Waals surface area contributed by atoms with Crippen molar-refractivity contribution < 1.29 is 0 Å². The van der Waals surface area contributed by atoms with E-state index in [0.29, 0.717) is 11.4 Å². The van der Waals surface area contributed by atoms with Crippen LogP contribution in [0.25, 0.3) is 6.08 Å². The third-order valence-electron chi connectivity index (χ3n) is 2.86. The molecule has 0 saturated carbocycles. The van der Waals surface area contributed by atoms with Crippen molar-refractivity contribution in [1.82, 2.24) is 0 Å². The Labute approximate surface area is 117 Å². The molecule has 0 saturated heterocycles. The number of allylic oxidation sites excluding steroid dienone is 2. The molecule has 0 fully saturated rings. The number of hydrogen-bond acceptors (Lipinski definition) is 3. The van der Waals surface area contributed by atoms with Gasteiger partial charge in [-0.3, -0.25) is 5.41 Å². The Bertz CT molecular complexity index is 636. The summed E-state index contributed by atoms with van der Waals surface area (Å²) in [5, 5.41) is 8.28. The highest BCUT2D eigenvalue weighted by atomic mass is 32.1. The van der Waals surface area contributed by atoms with Gasteiger partial charge in [0.05, 0.1) is 16.3 Å². The lowest BCUT2D eigenvalue weighted by Crippen LogP contribution is -2.02. The molecule has 0 aliphatic carbocycles. The van der Waals surface area contributed by atoms with E-state index in [0.717, 1.165) is 20.9 Å². The Morgan fingerprint density at radius 1 is 1.32 bits per heavy atom. The molecule has 1 aromatic heterocycles. The number of hydrogen-bond donors (Lipinski definition) is 2. The topological polar surface area (TPSA) is 49.9 Å². The number of aryl methyl sites for hydroxylation is 1. The van der Waals surface area contributed by atoms with E-state index in [2.05, 4.69) is 6.58 Å². The molecular weight excluding hydrogens is 252 g/mol. The van der Waals surface area contributed by atoms with Crippen molar-refractivity contribution in [3.63, 3.8) is 0 Å². The molecule has 19 heavy (non-hydrogen) atoms. The van der Waals surface area contributed by atoms with E-state index in [1.54, 1.807) is 17.4 Å². The maximum Gasteiger partial charge on any atom is 0.0805 e. The van der Waals surface area contributed by atoms with Crippen LogP contribution in [0.15, 0.2) is 49.1 Å². The van der Waals surface area contributed by atoms with Crippen LogP contribution in [0, 0.1) is 12.3 Å². The van der Waals surface area contributed by atoms with Crippen LogP contribution in [0.4, 0.5) is 5.69 Å². The second-order valence-corrected chi connectivity index (χ2v) is 5.38. The zero-order valence-corrected chi connectivity index (χ0v) is 11.6. The minimum atomic E-state index is 0.476. The summed E-state index contributed by atoms with van der Waals surface area (Å²) in [4.78, 5) is 1.94. The summed E-state index contributed by atoms with van der Waals surface area (Å²) in [7, 11) is 0. The minimum Gasteiger partial charge on any atom is -0.397 e. The first-order chi connectivity index (χ1) is 9.15. The van der Waals surface area contributed by atoms with Crippen LogP contribution in [0.2, 0.25) is 0 Å². The van der Waals surface area contributed by atoms with Gasteiger partial charge in [-0.1, -0.05) is 55.1 Å². The molecule has 0 unspecified atom stereocenters. The van der Waals surface area contributed by atoms with E-state index in [-0.39, 0.29) is 0 Å². The molecule has 0 amide bonds. The third kappa shape index (κ3) is 2.66. The monoisotopic (exact) mass is 268 g/mol. The Hall–Kier alpha value is -2.13. The van der Waals surface area contributed by atoms with Gasteiger partial charge in [0.25, 0.3) is 0 Å². The Morgan fingerprint density at radius 3 is 2.63 bits per heavy atom. The third-order valence-corrected chi connectivity index (χ3v) is 4.01.